The van der Waals surface area contributed by atoms with E-state index < -0.39 is 0 Å². The topological polar surface area (TPSA) is 116 Å². The Morgan fingerprint density at radius 1 is 1.23 bits per heavy atom. The Balaban J connectivity index is 2.40. The molecule has 0 fully saturated rings. The first kappa shape index (κ1) is 14.3. The summed E-state index contributed by atoms with van der Waals surface area (Å²) in [5.74, 6) is 0.705. The summed E-state index contributed by atoms with van der Waals surface area (Å²) in [6.45, 7) is 3.65. The van der Waals surface area contributed by atoms with Crippen molar-refractivity contribution in [1.29, 1.82) is 0 Å². The number of hydrogen-bond donors (Lipinski definition) is 2. The first-order valence-corrected chi connectivity index (χ1v) is 6.83. The van der Waals surface area contributed by atoms with E-state index in [4.69, 9.17) is 27.6 Å². The smallest absolute Gasteiger partial charge is 0.253 e. The number of guanidine groups is 1. The van der Waals surface area contributed by atoms with Crippen LogP contribution in [0.15, 0.2) is 27.7 Å². The van der Waals surface area contributed by atoms with Crippen LogP contribution in [0.4, 0.5) is 5.95 Å². The highest BCUT2D eigenvalue weighted by molar-refractivity contribution is 6.31. The maximum Gasteiger partial charge on any atom is 0.253 e. The molecule has 0 saturated carbocycles. The SMILES string of the molecule is Cc1noc(C)c1-c1nc(N=C(N)N)nc2ccc(Cl)cc12. The second-order valence-electron chi connectivity index (χ2n) is 4.77. The average Bonchev–Trinajstić information content (AvgIpc) is 2.77. The van der Waals surface area contributed by atoms with Gasteiger partial charge in [-0.1, -0.05) is 16.8 Å². The van der Waals surface area contributed by atoms with Crippen molar-refractivity contribution in [1.82, 2.24) is 15.1 Å². The van der Waals surface area contributed by atoms with Crippen LogP contribution < -0.4 is 11.5 Å². The van der Waals surface area contributed by atoms with Crippen molar-refractivity contribution in [2.75, 3.05) is 0 Å². The van der Waals surface area contributed by atoms with Crippen LogP contribution in [0.5, 0.6) is 0 Å². The maximum absolute atomic E-state index is 6.09. The predicted octanol–water partition coefficient (Wildman–Crippen LogP) is 2.46. The number of hydrogen-bond acceptors (Lipinski definition) is 5. The molecule has 0 unspecified atom stereocenters. The Morgan fingerprint density at radius 3 is 2.64 bits per heavy atom. The van der Waals surface area contributed by atoms with E-state index in [1.807, 2.05) is 13.8 Å². The molecule has 0 saturated heterocycles. The van der Waals surface area contributed by atoms with Crippen molar-refractivity contribution < 1.29 is 4.52 Å². The second-order valence-corrected chi connectivity index (χ2v) is 5.21. The second kappa shape index (κ2) is 5.27. The summed E-state index contributed by atoms with van der Waals surface area (Å²) in [4.78, 5) is 12.7. The summed E-state index contributed by atoms with van der Waals surface area (Å²) in [7, 11) is 0. The highest BCUT2D eigenvalue weighted by Crippen LogP contribution is 2.33. The Morgan fingerprint density at radius 2 is 2.00 bits per heavy atom. The zero-order valence-electron chi connectivity index (χ0n) is 12.0. The van der Waals surface area contributed by atoms with Gasteiger partial charge in [-0.25, -0.2) is 9.97 Å². The molecule has 0 aliphatic rings. The molecule has 0 aliphatic carbocycles. The van der Waals surface area contributed by atoms with E-state index in [-0.39, 0.29) is 11.9 Å². The molecule has 112 valence electrons. The third-order valence-corrected chi connectivity index (χ3v) is 3.38. The van der Waals surface area contributed by atoms with Crippen molar-refractivity contribution in [2.45, 2.75) is 13.8 Å². The molecule has 0 amide bonds. The van der Waals surface area contributed by atoms with E-state index in [9.17, 15) is 0 Å². The maximum atomic E-state index is 6.09. The number of benzene rings is 1. The summed E-state index contributed by atoms with van der Waals surface area (Å²) in [5.41, 5.74) is 13.6. The fourth-order valence-corrected chi connectivity index (χ4v) is 2.44. The largest absolute Gasteiger partial charge is 0.370 e. The van der Waals surface area contributed by atoms with E-state index in [2.05, 4.69) is 20.1 Å². The van der Waals surface area contributed by atoms with E-state index in [1.165, 1.54) is 0 Å². The molecular formula is C14H13ClN6O. The molecular weight excluding hydrogens is 304 g/mol. The first-order valence-electron chi connectivity index (χ1n) is 6.46. The van der Waals surface area contributed by atoms with Gasteiger partial charge < -0.3 is 16.0 Å². The zero-order chi connectivity index (χ0) is 15.9. The third-order valence-electron chi connectivity index (χ3n) is 3.15. The molecule has 3 rings (SSSR count). The van der Waals surface area contributed by atoms with Gasteiger partial charge in [0, 0.05) is 10.4 Å². The summed E-state index contributed by atoms with van der Waals surface area (Å²) in [6.07, 6.45) is 0. The van der Waals surface area contributed by atoms with E-state index in [1.54, 1.807) is 18.2 Å². The molecule has 1 aromatic carbocycles. The van der Waals surface area contributed by atoms with Crippen molar-refractivity contribution >= 4 is 34.4 Å². The summed E-state index contributed by atoms with van der Waals surface area (Å²) in [5, 5.41) is 5.32. The lowest BCUT2D eigenvalue weighted by Crippen LogP contribution is -2.22. The minimum absolute atomic E-state index is 0.113. The molecule has 0 atom stereocenters. The van der Waals surface area contributed by atoms with Crippen LogP contribution in [0.1, 0.15) is 11.5 Å². The van der Waals surface area contributed by atoms with Gasteiger partial charge in [-0.15, -0.1) is 0 Å². The van der Waals surface area contributed by atoms with Gasteiger partial charge in [0.05, 0.1) is 22.5 Å². The monoisotopic (exact) mass is 316 g/mol. The summed E-state index contributed by atoms with van der Waals surface area (Å²) < 4.78 is 5.22. The molecule has 0 aliphatic heterocycles. The van der Waals surface area contributed by atoms with Gasteiger partial charge in [-0.3, -0.25) is 0 Å². The lowest BCUT2D eigenvalue weighted by Gasteiger charge is -2.07. The Kier molecular flexibility index (Phi) is 3.42. The lowest BCUT2D eigenvalue weighted by molar-refractivity contribution is 0.393. The fraction of sp³-hybridized carbons (Fsp3) is 0.143. The third kappa shape index (κ3) is 2.46. The molecule has 2 heterocycles. The normalized spacial score (nSPS) is 10.9. The average molecular weight is 317 g/mol. The van der Waals surface area contributed by atoms with Crippen LogP contribution in [0, 0.1) is 13.8 Å². The van der Waals surface area contributed by atoms with Crippen molar-refractivity contribution in [3.8, 4) is 11.3 Å². The van der Waals surface area contributed by atoms with Gasteiger partial charge in [-0.2, -0.15) is 4.99 Å². The Labute approximate surface area is 131 Å². The predicted molar refractivity (Wildman–Crippen MR) is 85.0 cm³/mol. The van der Waals surface area contributed by atoms with E-state index in [0.717, 1.165) is 10.9 Å². The number of aryl methyl sites for hydroxylation is 2. The molecule has 0 spiro atoms. The zero-order valence-corrected chi connectivity index (χ0v) is 12.7. The summed E-state index contributed by atoms with van der Waals surface area (Å²) in [6, 6.07) is 5.32. The number of nitrogens with two attached hydrogens (primary N) is 2. The molecule has 2 aromatic heterocycles. The van der Waals surface area contributed by atoms with Crippen LogP contribution in [-0.2, 0) is 0 Å². The molecule has 3 aromatic rings. The number of rotatable bonds is 2. The standard InChI is InChI=1S/C14H13ClN6O/c1-6-11(7(2)22-21-6)12-9-5-8(15)3-4-10(9)18-14(19-12)20-13(16)17/h3-5H,1-2H3,(H4,16,17,18,19,20). The molecule has 0 radical (unpaired) electrons. The Bertz CT molecular complexity index is 878. The lowest BCUT2D eigenvalue weighted by atomic mass is 10.1. The minimum Gasteiger partial charge on any atom is -0.370 e. The molecule has 22 heavy (non-hydrogen) atoms. The van der Waals surface area contributed by atoms with E-state index in [0.29, 0.717) is 27.7 Å². The molecule has 8 heteroatoms. The number of aliphatic imine (C=N–C) groups is 1. The van der Waals surface area contributed by atoms with E-state index >= 15 is 0 Å². The fourth-order valence-electron chi connectivity index (χ4n) is 2.27. The van der Waals surface area contributed by atoms with Crippen LogP contribution in [0.3, 0.4) is 0 Å². The number of halogens is 1. The number of fused-ring (bicyclic) bond motifs is 1. The number of aromatic nitrogens is 3. The van der Waals surface area contributed by atoms with Crippen LogP contribution in [0.2, 0.25) is 5.02 Å². The van der Waals surface area contributed by atoms with Crippen LogP contribution in [0.25, 0.3) is 22.2 Å². The highest BCUT2D eigenvalue weighted by Gasteiger charge is 2.18. The van der Waals surface area contributed by atoms with Gasteiger partial charge >= 0.3 is 0 Å². The van der Waals surface area contributed by atoms with Crippen molar-refractivity contribution in [2.24, 2.45) is 16.5 Å². The van der Waals surface area contributed by atoms with Gasteiger partial charge in [0.1, 0.15) is 5.76 Å². The molecule has 7 nitrogen and oxygen atoms in total. The molecule has 0 bridgehead atoms. The quantitative estimate of drug-likeness (QED) is 0.554. The van der Waals surface area contributed by atoms with Gasteiger partial charge in [0.15, 0.2) is 5.96 Å². The van der Waals surface area contributed by atoms with Gasteiger partial charge in [-0.05, 0) is 32.0 Å². The molecule has 4 N–H and O–H groups in total. The first-order chi connectivity index (χ1) is 10.5. The van der Waals surface area contributed by atoms with Crippen molar-refractivity contribution in [3.05, 3.63) is 34.7 Å². The minimum atomic E-state index is -0.113. The van der Waals surface area contributed by atoms with Gasteiger partial charge in [0.25, 0.3) is 5.95 Å². The number of nitrogens with zero attached hydrogens (tertiary/aromatic N) is 4. The van der Waals surface area contributed by atoms with Crippen molar-refractivity contribution in [3.63, 3.8) is 0 Å². The Hall–Kier alpha value is -2.67. The van der Waals surface area contributed by atoms with Crippen LogP contribution >= 0.6 is 11.6 Å². The highest BCUT2D eigenvalue weighted by atomic mass is 35.5. The summed E-state index contributed by atoms with van der Waals surface area (Å²) >= 11 is 6.09. The van der Waals surface area contributed by atoms with Crippen LogP contribution in [-0.4, -0.2) is 21.1 Å². The van der Waals surface area contributed by atoms with Gasteiger partial charge in [0.2, 0.25) is 0 Å².